The highest BCUT2D eigenvalue weighted by atomic mass is 16.5. The van der Waals surface area contributed by atoms with E-state index in [0.29, 0.717) is 12.2 Å². The van der Waals surface area contributed by atoms with Gasteiger partial charge in [-0.25, -0.2) is 0 Å². The van der Waals surface area contributed by atoms with Crippen LogP contribution >= 0.6 is 0 Å². The van der Waals surface area contributed by atoms with Crippen LogP contribution < -0.4 is 10.9 Å². The molecule has 0 atom stereocenters. The Balaban J connectivity index is 2.20. The van der Waals surface area contributed by atoms with E-state index in [4.69, 9.17) is 9.26 Å². The van der Waals surface area contributed by atoms with Gasteiger partial charge in [0.05, 0.1) is 12.2 Å². The Labute approximate surface area is 126 Å². The Kier molecular flexibility index (Phi) is 4.90. The number of rotatable bonds is 6. The molecule has 2 aromatic rings. The molecule has 0 aliphatic heterocycles. The van der Waals surface area contributed by atoms with Crippen LogP contribution in [0.15, 0.2) is 33.6 Å². The van der Waals surface area contributed by atoms with E-state index < -0.39 is 11.5 Å². The van der Waals surface area contributed by atoms with E-state index in [-0.39, 0.29) is 23.5 Å². The summed E-state index contributed by atoms with van der Waals surface area (Å²) in [6.07, 6.45) is -0.210. The van der Waals surface area contributed by atoms with Crippen molar-refractivity contribution in [3.8, 4) is 0 Å². The van der Waals surface area contributed by atoms with Crippen LogP contribution in [-0.4, -0.2) is 31.0 Å². The minimum atomic E-state index is -0.581. The predicted octanol–water partition coefficient (Wildman–Crippen LogP) is 0.899. The number of aromatic nitrogens is 1. The molecule has 0 spiro atoms. The maximum absolute atomic E-state index is 12.2. The maximum Gasteiger partial charge on any atom is 0.289 e. The minimum Gasteiger partial charge on any atom is -0.380 e. The molecule has 2 rings (SSSR count). The zero-order chi connectivity index (χ0) is 16.1. The lowest BCUT2D eigenvalue weighted by Gasteiger charge is -2.03. The fourth-order valence-corrected chi connectivity index (χ4v) is 2.00. The van der Waals surface area contributed by atoms with Crippen molar-refractivity contribution in [2.75, 3.05) is 14.2 Å². The molecule has 7 nitrogen and oxygen atoms in total. The number of benzene rings is 1. The van der Waals surface area contributed by atoms with Gasteiger partial charge in [-0.1, -0.05) is 24.3 Å². The number of carbonyl (C=O) groups is 2. The van der Waals surface area contributed by atoms with Crippen molar-refractivity contribution in [3.63, 3.8) is 0 Å². The van der Waals surface area contributed by atoms with Crippen molar-refractivity contribution in [3.05, 3.63) is 57.1 Å². The SMILES string of the molecule is CNC(=O)c1o[nH]c(=O)c1CC(=O)c1ccc(COC)cc1. The Morgan fingerprint density at radius 2 is 1.95 bits per heavy atom. The average Bonchev–Trinajstić information content (AvgIpc) is 2.88. The predicted molar refractivity (Wildman–Crippen MR) is 77.9 cm³/mol. The van der Waals surface area contributed by atoms with E-state index in [1.807, 2.05) is 0 Å². The van der Waals surface area contributed by atoms with Gasteiger partial charge in [-0.2, -0.15) is 5.16 Å². The van der Waals surface area contributed by atoms with Crippen molar-refractivity contribution < 1.29 is 18.8 Å². The highest BCUT2D eigenvalue weighted by Crippen LogP contribution is 2.11. The Bertz CT molecular complexity index is 727. The van der Waals surface area contributed by atoms with Gasteiger partial charge in [-0.3, -0.25) is 14.4 Å². The molecule has 0 aliphatic rings. The summed E-state index contributed by atoms with van der Waals surface area (Å²) < 4.78 is 9.81. The summed E-state index contributed by atoms with van der Waals surface area (Å²) in [7, 11) is 3.00. The van der Waals surface area contributed by atoms with E-state index in [2.05, 4.69) is 10.5 Å². The molecule has 1 aromatic carbocycles. The topological polar surface area (TPSA) is 101 Å². The number of amides is 1. The molecule has 116 valence electrons. The van der Waals surface area contributed by atoms with Crippen molar-refractivity contribution in [1.82, 2.24) is 10.5 Å². The first-order valence-corrected chi connectivity index (χ1v) is 6.60. The molecule has 0 saturated heterocycles. The fourth-order valence-electron chi connectivity index (χ4n) is 2.00. The zero-order valence-corrected chi connectivity index (χ0v) is 12.3. The highest BCUT2D eigenvalue weighted by molar-refractivity contribution is 6.00. The normalized spacial score (nSPS) is 10.5. The van der Waals surface area contributed by atoms with Crippen LogP contribution in [0.5, 0.6) is 0 Å². The fraction of sp³-hybridized carbons (Fsp3) is 0.267. The second-order valence-electron chi connectivity index (χ2n) is 4.65. The maximum atomic E-state index is 12.2. The van der Waals surface area contributed by atoms with Gasteiger partial charge >= 0.3 is 0 Å². The third kappa shape index (κ3) is 3.32. The molecule has 0 radical (unpaired) electrons. The van der Waals surface area contributed by atoms with E-state index in [1.54, 1.807) is 31.4 Å². The van der Waals surface area contributed by atoms with Gasteiger partial charge in [0.1, 0.15) is 0 Å². The van der Waals surface area contributed by atoms with Crippen molar-refractivity contribution in [2.24, 2.45) is 0 Å². The summed E-state index contributed by atoms with van der Waals surface area (Å²) in [6.45, 7) is 0.455. The van der Waals surface area contributed by atoms with Crippen LogP contribution in [0.25, 0.3) is 0 Å². The number of Topliss-reactive ketones (excluding diaryl/α,β-unsaturated/α-hetero) is 1. The number of hydrogen-bond acceptors (Lipinski definition) is 5. The lowest BCUT2D eigenvalue weighted by atomic mass is 10.0. The summed E-state index contributed by atoms with van der Waals surface area (Å²) >= 11 is 0. The highest BCUT2D eigenvalue weighted by Gasteiger charge is 2.22. The lowest BCUT2D eigenvalue weighted by Crippen LogP contribution is -2.21. The molecule has 0 fully saturated rings. The van der Waals surface area contributed by atoms with Crippen LogP contribution in [0.1, 0.15) is 32.0 Å². The standard InChI is InChI=1S/C15H16N2O5/c1-16-15(20)13-11(14(19)17-22-13)7-12(18)10-5-3-9(4-6-10)8-21-2/h3-6H,7-8H2,1-2H3,(H,16,20)(H,17,19). The number of aromatic amines is 1. The second-order valence-corrected chi connectivity index (χ2v) is 4.65. The molecule has 0 unspecified atom stereocenters. The first-order chi connectivity index (χ1) is 10.6. The number of nitrogens with one attached hydrogen (secondary N) is 2. The number of carbonyl (C=O) groups excluding carboxylic acids is 2. The largest absolute Gasteiger partial charge is 0.380 e. The molecule has 0 aliphatic carbocycles. The number of ether oxygens (including phenoxy) is 1. The number of H-pyrrole nitrogens is 1. The van der Waals surface area contributed by atoms with Crippen molar-refractivity contribution in [2.45, 2.75) is 13.0 Å². The van der Waals surface area contributed by atoms with E-state index >= 15 is 0 Å². The Hall–Kier alpha value is -2.67. The summed E-state index contributed by atoms with van der Waals surface area (Å²) in [5, 5.41) is 4.43. The lowest BCUT2D eigenvalue weighted by molar-refractivity contribution is 0.0924. The monoisotopic (exact) mass is 304 g/mol. The van der Waals surface area contributed by atoms with E-state index in [1.165, 1.54) is 7.05 Å². The first kappa shape index (κ1) is 15.7. The van der Waals surface area contributed by atoms with E-state index in [0.717, 1.165) is 5.56 Å². The van der Waals surface area contributed by atoms with Gasteiger partial charge in [0, 0.05) is 26.1 Å². The number of methoxy groups -OCH3 is 1. The molecule has 0 saturated carbocycles. The molecular weight excluding hydrogens is 288 g/mol. The zero-order valence-electron chi connectivity index (χ0n) is 12.3. The van der Waals surface area contributed by atoms with E-state index in [9.17, 15) is 14.4 Å². The van der Waals surface area contributed by atoms with Crippen LogP contribution in [0, 0.1) is 0 Å². The minimum absolute atomic E-state index is 0.0188. The summed E-state index contributed by atoms with van der Waals surface area (Å²) in [4.78, 5) is 35.5. The molecule has 1 aromatic heterocycles. The molecule has 1 amide bonds. The molecule has 22 heavy (non-hydrogen) atoms. The second kappa shape index (κ2) is 6.86. The van der Waals surface area contributed by atoms with Gasteiger partial charge in [-0.15, -0.1) is 0 Å². The van der Waals surface area contributed by atoms with Crippen LogP contribution in [0.2, 0.25) is 0 Å². The third-order valence-electron chi connectivity index (χ3n) is 3.15. The van der Waals surface area contributed by atoms with Crippen molar-refractivity contribution in [1.29, 1.82) is 0 Å². The molecular formula is C15H16N2O5. The number of hydrogen-bond donors (Lipinski definition) is 2. The van der Waals surface area contributed by atoms with Crippen LogP contribution in [-0.2, 0) is 17.8 Å². The smallest absolute Gasteiger partial charge is 0.289 e. The summed E-state index contributed by atoms with van der Waals surface area (Å²) in [6, 6.07) is 6.86. The van der Waals surface area contributed by atoms with Gasteiger partial charge in [0.15, 0.2) is 5.78 Å². The number of ketones is 1. The molecule has 1 heterocycles. The first-order valence-electron chi connectivity index (χ1n) is 6.60. The Morgan fingerprint density at radius 1 is 1.27 bits per heavy atom. The van der Waals surface area contributed by atoms with Gasteiger partial charge < -0.3 is 14.6 Å². The van der Waals surface area contributed by atoms with Gasteiger partial charge in [0.25, 0.3) is 11.5 Å². The van der Waals surface area contributed by atoms with Crippen LogP contribution in [0.4, 0.5) is 0 Å². The third-order valence-corrected chi connectivity index (χ3v) is 3.15. The average molecular weight is 304 g/mol. The quantitative estimate of drug-likeness (QED) is 0.772. The van der Waals surface area contributed by atoms with Gasteiger partial charge in [-0.05, 0) is 5.56 Å². The van der Waals surface area contributed by atoms with Gasteiger partial charge in [0.2, 0.25) is 5.76 Å². The molecule has 7 heteroatoms. The van der Waals surface area contributed by atoms with Crippen LogP contribution in [0.3, 0.4) is 0 Å². The van der Waals surface area contributed by atoms with Crippen molar-refractivity contribution >= 4 is 11.7 Å². The summed E-state index contributed by atoms with van der Waals surface area (Å²) in [5.74, 6) is -1.01. The molecule has 2 N–H and O–H groups in total. The summed E-state index contributed by atoms with van der Waals surface area (Å²) in [5.41, 5.74) is 0.822. The Morgan fingerprint density at radius 3 is 2.55 bits per heavy atom. The molecule has 0 bridgehead atoms.